The fourth-order valence-corrected chi connectivity index (χ4v) is 3.00. The summed E-state index contributed by atoms with van der Waals surface area (Å²) in [5.41, 5.74) is 2.35. The van der Waals surface area contributed by atoms with Gasteiger partial charge in [0.25, 0.3) is 0 Å². The molecule has 144 valence electrons. The number of amides is 1. The van der Waals surface area contributed by atoms with Gasteiger partial charge in [0.15, 0.2) is 17.4 Å². The van der Waals surface area contributed by atoms with Crippen LogP contribution in [0.1, 0.15) is 30.9 Å². The van der Waals surface area contributed by atoms with Crippen LogP contribution in [0.2, 0.25) is 0 Å². The van der Waals surface area contributed by atoms with Crippen LogP contribution in [0.5, 0.6) is 5.75 Å². The van der Waals surface area contributed by atoms with E-state index < -0.39 is 5.82 Å². The highest BCUT2D eigenvalue weighted by Gasteiger charge is 2.28. The third-order valence-corrected chi connectivity index (χ3v) is 4.67. The topological polar surface area (TPSA) is 81.9 Å². The largest absolute Gasteiger partial charge is 0.494 e. The van der Waals surface area contributed by atoms with Crippen LogP contribution in [0.4, 0.5) is 10.1 Å². The minimum Gasteiger partial charge on any atom is -0.494 e. The summed E-state index contributed by atoms with van der Waals surface area (Å²) in [5.74, 6) is 0.374. The van der Waals surface area contributed by atoms with E-state index in [0.29, 0.717) is 18.2 Å². The van der Waals surface area contributed by atoms with Gasteiger partial charge >= 0.3 is 0 Å². The quantitative estimate of drug-likeness (QED) is 0.678. The summed E-state index contributed by atoms with van der Waals surface area (Å²) < 4.78 is 20.5. The van der Waals surface area contributed by atoms with Crippen molar-refractivity contribution >= 4 is 11.6 Å². The molecule has 0 radical (unpaired) electrons. The number of methoxy groups -OCH3 is 1. The monoisotopic (exact) mass is 381 g/mol. The first-order valence-electron chi connectivity index (χ1n) is 9.14. The Morgan fingerprint density at radius 2 is 2.04 bits per heavy atom. The number of benzene rings is 2. The lowest BCUT2D eigenvalue weighted by atomic mass is 10.1. The van der Waals surface area contributed by atoms with Gasteiger partial charge in [-0.25, -0.2) is 9.07 Å². The predicted molar refractivity (Wildman–Crippen MR) is 101 cm³/mol. The number of carbonyl (C=O) groups excluding carboxylic acids is 1. The zero-order chi connectivity index (χ0) is 19.5. The first-order valence-corrected chi connectivity index (χ1v) is 9.14. The molecule has 2 aromatic carbocycles. The Balaban J connectivity index is 1.34. The molecular formula is C20H20FN5O2. The molecule has 0 saturated heterocycles. The van der Waals surface area contributed by atoms with Gasteiger partial charge in [-0.1, -0.05) is 6.07 Å². The minimum atomic E-state index is -0.426. The molecule has 8 heteroatoms. The summed E-state index contributed by atoms with van der Waals surface area (Å²) in [5, 5.41) is 14.8. The lowest BCUT2D eigenvalue weighted by Crippen LogP contribution is -2.12. The molecule has 28 heavy (non-hydrogen) atoms. The van der Waals surface area contributed by atoms with E-state index in [0.717, 1.165) is 29.8 Å². The third-order valence-electron chi connectivity index (χ3n) is 4.67. The van der Waals surface area contributed by atoms with Crippen molar-refractivity contribution in [2.45, 2.75) is 31.7 Å². The van der Waals surface area contributed by atoms with Crippen molar-refractivity contribution in [2.75, 3.05) is 12.4 Å². The van der Waals surface area contributed by atoms with E-state index in [9.17, 15) is 9.18 Å². The normalized spacial score (nSPS) is 13.4. The van der Waals surface area contributed by atoms with Gasteiger partial charge in [-0.15, -0.1) is 5.10 Å². The van der Waals surface area contributed by atoms with E-state index in [1.165, 1.54) is 13.2 Å². The number of nitrogens with one attached hydrogen (secondary N) is 1. The second-order valence-corrected chi connectivity index (χ2v) is 6.77. The van der Waals surface area contributed by atoms with Crippen molar-refractivity contribution in [3.8, 4) is 17.1 Å². The molecule has 0 unspecified atom stereocenters. The number of ether oxygens (including phenoxy) is 1. The maximum atomic E-state index is 13.7. The van der Waals surface area contributed by atoms with Gasteiger partial charge in [-0.3, -0.25) is 4.79 Å². The van der Waals surface area contributed by atoms with Crippen molar-refractivity contribution in [1.82, 2.24) is 20.2 Å². The predicted octanol–water partition coefficient (Wildman–Crippen LogP) is 3.39. The van der Waals surface area contributed by atoms with Gasteiger partial charge in [-0.2, -0.15) is 0 Å². The number of anilines is 1. The first-order chi connectivity index (χ1) is 13.6. The van der Waals surface area contributed by atoms with E-state index in [4.69, 9.17) is 4.74 Å². The van der Waals surface area contributed by atoms with Crippen LogP contribution < -0.4 is 10.1 Å². The van der Waals surface area contributed by atoms with Crippen molar-refractivity contribution in [3.63, 3.8) is 0 Å². The van der Waals surface area contributed by atoms with Gasteiger partial charge in [-0.05, 0) is 71.7 Å². The van der Waals surface area contributed by atoms with Crippen LogP contribution in [0, 0.1) is 5.82 Å². The molecule has 1 aromatic heterocycles. The number of halogens is 1. The van der Waals surface area contributed by atoms with E-state index in [1.54, 1.807) is 12.1 Å². The SMILES string of the molecule is COc1ccc(CCC(=O)Nc2ccc(-c3nnnn3C3CC3)cc2)cc1F. The molecule has 4 rings (SSSR count). The molecule has 1 aliphatic carbocycles. The highest BCUT2D eigenvalue weighted by molar-refractivity contribution is 5.91. The van der Waals surface area contributed by atoms with Crippen LogP contribution >= 0.6 is 0 Å². The molecule has 1 heterocycles. The highest BCUT2D eigenvalue weighted by atomic mass is 19.1. The van der Waals surface area contributed by atoms with Crippen molar-refractivity contribution < 1.29 is 13.9 Å². The Bertz CT molecular complexity index is 983. The van der Waals surface area contributed by atoms with Gasteiger partial charge in [0.1, 0.15) is 0 Å². The second kappa shape index (κ2) is 7.75. The van der Waals surface area contributed by atoms with Crippen molar-refractivity contribution in [1.29, 1.82) is 0 Å². The lowest BCUT2D eigenvalue weighted by molar-refractivity contribution is -0.116. The zero-order valence-corrected chi connectivity index (χ0v) is 15.4. The smallest absolute Gasteiger partial charge is 0.224 e. The summed E-state index contributed by atoms with van der Waals surface area (Å²) in [6.45, 7) is 0. The molecule has 0 bridgehead atoms. The molecule has 0 aliphatic heterocycles. The molecule has 7 nitrogen and oxygen atoms in total. The fraction of sp³-hybridized carbons (Fsp3) is 0.300. The van der Waals surface area contributed by atoms with Crippen LogP contribution in [0.3, 0.4) is 0 Å². The molecule has 1 N–H and O–H groups in total. The zero-order valence-electron chi connectivity index (χ0n) is 15.4. The number of hydrogen-bond acceptors (Lipinski definition) is 5. The molecular weight excluding hydrogens is 361 g/mol. The van der Waals surface area contributed by atoms with Crippen LogP contribution in [0.25, 0.3) is 11.4 Å². The van der Waals surface area contributed by atoms with Gasteiger partial charge in [0.2, 0.25) is 5.91 Å². The number of tetrazole rings is 1. The average molecular weight is 381 g/mol. The minimum absolute atomic E-state index is 0.133. The lowest BCUT2D eigenvalue weighted by Gasteiger charge is -2.08. The average Bonchev–Trinajstić information content (AvgIpc) is 3.44. The van der Waals surface area contributed by atoms with Gasteiger partial charge < -0.3 is 10.1 Å². The van der Waals surface area contributed by atoms with Crippen LogP contribution in [-0.2, 0) is 11.2 Å². The fourth-order valence-electron chi connectivity index (χ4n) is 3.00. The highest BCUT2D eigenvalue weighted by Crippen LogP contribution is 2.36. The van der Waals surface area contributed by atoms with Crippen LogP contribution in [-0.4, -0.2) is 33.2 Å². The molecule has 1 fully saturated rings. The molecule has 0 spiro atoms. The van der Waals surface area contributed by atoms with Crippen molar-refractivity contribution in [2.24, 2.45) is 0 Å². The number of rotatable bonds is 7. The summed E-state index contributed by atoms with van der Waals surface area (Å²) in [7, 11) is 1.42. The summed E-state index contributed by atoms with van der Waals surface area (Å²) in [6.07, 6.45) is 2.91. The summed E-state index contributed by atoms with van der Waals surface area (Å²) in [4.78, 5) is 12.2. The number of hydrogen-bond donors (Lipinski definition) is 1. The van der Waals surface area contributed by atoms with Gasteiger partial charge in [0, 0.05) is 17.7 Å². The van der Waals surface area contributed by atoms with E-state index >= 15 is 0 Å². The Labute approximate surface area is 161 Å². The second-order valence-electron chi connectivity index (χ2n) is 6.77. The number of carbonyl (C=O) groups is 1. The van der Waals surface area contributed by atoms with Crippen molar-refractivity contribution in [3.05, 3.63) is 53.8 Å². The van der Waals surface area contributed by atoms with Gasteiger partial charge in [0.05, 0.1) is 13.2 Å². The Morgan fingerprint density at radius 3 is 2.71 bits per heavy atom. The standard InChI is InChI=1S/C20H20FN5O2/c1-28-18-10-2-13(12-17(18)21)3-11-19(27)22-15-6-4-14(5-7-15)20-23-24-25-26(20)16-8-9-16/h2,4-7,10,12,16H,3,8-9,11H2,1H3,(H,22,27). The third kappa shape index (κ3) is 4.00. The number of nitrogens with zero attached hydrogens (tertiary/aromatic N) is 4. The molecule has 1 saturated carbocycles. The molecule has 0 atom stereocenters. The molecule has 1 aliphatic rings. The Morgan fingerprint density at radius 1 is 1.25 bits per heavy atom. The summed E-state index contributed by atoms with van der Waals surface area (Å²) >= 11 is 0. The maximum absolute atomic E-state index is 13.7. The first kappa shape index (κ1) is 18.1. The summed E-state index contributed by atoms with van der Waals surface area (Å²) in [6, 6.07) is 12.5. The van der Waals surface area contributed by atoms with Crippen LogP contribution in [0.15, 0.2) is 42.5 Å². The van der Waals surface area contributed by atoms with E-state index in [-0.39, 0.29) is 18.1 Å². The van der Waals surface area contributed by atoms with E-state index in [2.05, 4.69) is 20.8 Å². The maximum Gasteiger partial charge on any atom is 0.224 e. The Hall–Kier alpha value is -3.29. The Kier molecular flexibility index (Phi) is 5.01. The number of aryl methyl sites for hydroxylation is 1. The van der Waals surface area contributed by atoms with E-state index in [1.807, 2.05) is 28.9 Å². The number of aromatic nitrogens is 4. The molecule has 1 amide bonds. The molecule has 3 aromatic rings.